The Balaban J connectivity index is 0.000000152. The number of hydrogen-bond donors (Lipinski definition) is 1. The third-order valence-corrected chi connectivity index (χ3v) is 1.58. The van der Waals surface area contributed by atoms with E-state index in [0.29, 0.717) is 11.9 Å². The lowest BCUT2D eigenvalue weighted by Crippen LogP contribution is -2.08. The van der Waals surface area contributed by atoms with E-state index in [9.17, 15) is 0 Å². The molecule has 20 heavy (non-hydrogen) atoms. The van der Waals surface area contributed by atoms with Crippen LogP contribution in [0.4, 0.5) is 12.0 Å². The second kappa shape index (κ2) is 8.18. The smallest absolute Gasteiger partial charge is 0.317 e. The van der Waals surface area contributed by atoms with Gasteiger partial charge >= 0.3 is 12.0 Å². The summed E-state index contributed by atoms with van der Waals surface area (Å²) in [7, 11) is 3.68. The zero-order valence-corrected chi connectivity index (χ0v) is 11.2. The van der Waals surface area contributed by atoms with Crippen LogP contribution < -0.4 is 10.6 Å². The van der Waals surface area contributed by atoms with Crippen molar-refractivity contribution >= 4 is 12.0 Å². The van der Waals surface area contributed by atoms with Gasteiger partial charge in [0, 0.05) is 21.0 Å². The molecule has 0 fully saturated rings. The van der Waals surface area contributed by atoms with Crippen LogP contribution in [0.25, 0.3) is 0 Å². The highest BCUT2D eigenvalue weighted by Crippen LogP contribution is 2.00. The van der Waals surface area contributed by atoms with Crippen molar-refractivity contribution in [1.29, 1.82) is 0 Å². The third kappa shape index (κ3) is 6.09. The normalized spacial score (nSPS) is 8.95. The summed E-state index contributed by atoms with van der Waals surface area (Å²) in [4.78, 5) is 1.74. The van der Waals surface area contributed by atoms with E-state index in [1.807, 2.05) is 14.1 Å². The first-order valence-corrected chi connectivity index (χ1v) is 5.27. The van der Waals surface area contributed by atoms with Crippen molar-refractivity contribution in [2.45, 2.75) is 6.92 Å². The Labute approximate surface area is 113 Å². The van der Waals surface area contributed by atoms with Crippen LogP contribution in [0.1, 0.15) is 5.89 Å². The summed E-state index contributed by atoms with van der Waals surface area (Å²) in [5, 5.41) is 20.6. The molecule has 3 rings (SSSR count). The fourth-order valence-electron chi connectivity index (χ4n) is 0.772. The molecule has 0 aliphatic rings. The molecule has 3 aromatic heterocycles. The van der Waals surface area contributed by atoms with Gasteiger partial charge < -0.3 is 23.9 Å². The molecular formula is C9H14N8O3. The van der Waals surface area contributed by atoms with Crippen LogP contribution in [0.15, 0.2) is 32.4 Å². The van der Waals surface area contributed by atoms with Gasteiger partial charge in [0.1, 0.15) is 0 Å². The monoisotopic (exact) mass is 282 g/mol. The molecule has 0 saturated heterocycles. The van der Waals surface area contributed by atoms with Gasteiger partial charge in [-0.3, -0.25) is 0 Å². The first-order valence-electron chi connectivity index (χ1n) is 5.27. The highest BCUT2D eigenvalue weighted by atomic mass is 16.4. The Morgan fingerprint density at radius 3 is 1.70 bits per heavy atom. The molecule has 0 saturated carbocycles. The van der Waals surface area contributed by atoms with Crippen molar-refractivity contribution < 1.29 is 13.3 Å². The average Bonchev–Trinajstić information content (AvgIpc) is 3.11. The largest absolute Gasteiger partial charge is 0.428 e. The van der Waals surface area contributed by atoms with E-state index >= 15 is 0 Å². The SMILES string of the molecule is CN(C)c1nnco1.Cc1nnco1.Nc1nnco1. The van der Waals surface area contributed by atoms with E-state index < -0.39 is 0 Å². The number of nitrogens with zero attached hydrogens (tertiary/aromatic N) is 7. The van der Waals surface area contributed by atoms with Crippen LogP contribution in [0.2, 0.25) is 0 Å². The minimum Gasteiger partial charge on any atom is -0.428 e. The molecule has 3 aromatic rings. The van der Waals surface area contributed by atoms with Gasteiger partial charge in [0.05, 0.1) is 0 Å². The fourth-order valence-corrected chi connectivity index (χ4v) is 0.772. The van der Waals surface area contributed by atoms with Crippen LogP contribution in [-0.4, -0.2) is 44.7 Å². The molecule has 2 N–H and O–H groups in total. The quantitative estimate of drug-likeness (QED) is 0.651. The van der Waals surface area contributed by atoms with Crippen LogP contribution in [-0.2, 0) is 0 Å². The zero-order chi connectivity index (χ0) is 14.8. The van der Waals surface area contributed by atoms with Crippen molar-refractivity contribution in [2.24, 2.45) is 0 Å². The van der Waals surface area contributed by atoms with Gasteiger partial charge in [-0.1, -0.05) is 10.2 Å². The molecule has 0 bridgehead atoms. The fraction of sp³-hybridized carbons (Fsp3) is 0.333. The van der Waals surface area contributed by atoms with Gasteiger partial charge in [-0.25, -0.2) is 0 Å². The summed E-state index contributed by atoms with van der Waals surface area (Å²) in [6, 6.07) is 0.639. The predicted molar refractivity (Wildman–Crippen MR) is 66.4 cm³/mol. The van der Waals surface area contributed by atoms with Crippen molar-refractivity contribution in [3.63, 3.8) is 0 Å². The molecule has 11 nitrogen and oxygen atoms in total. The molecule has 0 atom stereocenters. The number of hydrogen-bond acceptors (Lipinski definition) is 11. The Morgan fingerprint density at radius 1 is 0.900 bits per heavy atom. The summed E-state index contributed by atoms with van der Waals surface area (Å²) in [5.41, 5.74) is 4.94. The van der Waals surface area contributed by atoms with Crippen LogP contribution >= 0.6 is 0 Å². The molecule has 0 unspecified atom stereocenters. The summed E-state index contributed by atoms with van der Waals surface area (Å²) in [6.45, 7) is 1.74. The summed E-state index contributed by atoms with van der Waals surface area (Å²) < 4.78 is 13.8. The van der Waals surface area contributed by atoms with Crippen LogP contribution in [0.5, 0.6) is 0 Å². The van der Waals surface area contributed by atoms with Crippen LogP contribution in [0, 0.1) is 6.92 Å². The molecule has 0 aromatic carbocycles. The second-order valence-corrected chi connectivity index (χ2v) is 3.35. The second-order valence-electron chi connectivity index (χ2n) is 3.35. The van der Waals surface area contributed by atoms with E-state index in [-0.39, 0.29) is 6.01 Å². The summed E-state index contributed by atoms with van der Waals surface area (Å²) in [6.07, 6.45) is 3.78. The molecular weight excluding hydrogens is 268 g/mol. The van der Waals surface area contributed by atoms with E-state index in [1.54, 1.807) is 11.8 Å². The van der Waals surface area contributed by atoms with E-state index in [0.717, 1.165) is 0 Å². The van der Waals surface area contributed by atoms with E-state index in [2.05, 4.69) is 39.4 Å². The minimum absolute atomic E-state index is 0.106. The number of aromatic nitrogens is 6. The predicted octanol–water partition coefficient (Wildman–Crippen LogP) is 0.165. The van der Waals surface area contributed by atoms with Crippen molar-refractivity contribution in [3.8, 4) is 0 Å². The maximum absolute atomic E-state index is 4.94. The maximum atomic E-state index is 4.94. The topological polar surface area (TPSA) is 146 Å². The van der Waals surface area contributed by atoms with Gasteiger partial charge in [0.25, 0.3) is 0 Å². The molecule has 11 heteroatoms. The number of nitrogens with two attached hydrogens (primary N) is 1. The molecule has 0 spiro atoms. The Morgan fingerprint density at radius 2 is 1.50 bits per heavy atom. The number of aryl methyl sites for hydroxylation is 1. The Bertz CT molecular complexity index is 502. The first-order chi connectivity index (χ1) is 9.59. The summed E-state index contributed by atoms with van der Waals surface area (Å²) in [5.74, 6) is 0.606. The lowest BCUT2D eigenvalue weighted by molar-refractivity contribution is 0.518. The van der Waals surface area contributed by atoms with Crippen LogP contribution in [0.3, 0.4) is 0 Å². The number of rotatable bonds is 1. The van der Waals surface area contributed by atoms with Crippen molar-refractivity contribution in [1.82, 2.24) is 30.6 Å². The molecule has 0 aliphatic carbocycles. The van der Waals surface area contributed by atoms with Gasteiger partial charge in [-0.05, 0) is 0 Å². The van der Waals surface area contributed by atoms with Gasteiger partial charge in [0.15, 0.2) is 0 Å². The number of anilines is 2. The van der Waals surface area contributed by atoms with Gasteiger partial charge in [-0.2, -0.15) is 0 Å². The zero-order valence-electron chi connectivity index (χ0n) is 11.2. The Hall–Kier alpha value is -2.98. The average molecular weight is 282 g/mol. The lowest BCUT2D eigenvalue weighted by atomic mass is 10.8. The van der Waals surface area contributed by atoms with Gasteiger partial charge in [-0.15, -0.1) is 20.4 Å². The highest BCUT2D eigenvalue weighted by Gasteiger charge is 1.96. The standard InChI is InChI=1S/C4H7N3O.C3H4N2O.C2H3N3O/c1-7(2)4-6-5-3-8-4;1-3-5-4-2-6-3;3-2-5-4-1-6-2/h3H,1-2H3;2H,1H3;1H,(H2,3,5). The Kier molecular flexibility index (Phi) is 6.17. The third-order valence-electron chi connectivity index (χ3n) is 1.58. The highest BCUT2D eigenvalue weighted by molar-refractivity contribution is 5.17. The number of nitrogen functional groups attached to an aromatic ring is 1. The summed E-state index contributed by atoms with van der Waals surface area (Å²) >= 11 is 0. The van der Waals surface area contributed by atoms with E-state index in [1.165, 1.54) is 19.2 Å². The molecule has 3 heterocycles. The first kappa shape index (κ1) is 15.1. The molecule has 0 amide bonds. The molecule has 108 valence electrons. The minimum atomic E-state index is 0.106. The molecule has 0 radical (unpaired) electrons. The van der Waals surface area contributed by atoms with E-state index in [4.69, 9.17) is 10.2 Å². The van der Waals surface area contributed by atoms with Gasteiger partial charge in [0.2, 0.25) is 25.1 Å². The lowest BCUT2D eigenvalue weighted by Gasteiger charge is -2.01. The maximum Gasteiger partial charge on any atom is 0.317 e. The van der Waals surface area contributed by atoms with Crippen molar-refractivity contribution in [2.75, 3.05) is 24.7 Å². The van der Waals surface area contributed by atoms with Crippen molar-refractivity contribution in [3.05, 3.63) is 25.1 Å². The molecule has 0 aliphatic heterocycles.